The van der Waals surface area contributed by atoms with Gasteiger partial charge in [-0.2, -0.15) is 5.10 Å². The van der Waals surface area contributed by atoms with Gasteiger partial charge in [-0.15, -0.1) is 0 Å². The van der Waals surface area contributed by atoms with E-state index in [4.69, 9.17) is 10.6 Å². The molecule has 0 aliphatic heterocycles. The molecule has 2 aromatic rings. The topological polar surface area (TPSA) is 65.1 Å². The van der Waals surface area contributed by atoms with Crippen LogP contribution in [-0.2, 0) is 13.5 Å². The van der Waals surface area contributed by atoms with Crippen molar-refractivity contribution in [3.8, 4) is 5.75 Å². The minimum atomic E-state index is -0.341. The summed E-state index contributed by atoms with van der Waals surface area (Å²) in [5, 5.41) is 4.08. The molecule has 5 nitrogen and oxygen atoms in total. The van der Waals surface area contributed by atoms with Gasteiger partial charge in [0, 0.05) is 24.9 Å². The summed E-state index contributed by atoms with van der Waals surface area (Å²) in [5.41, 5.74) is 4.13. The minimum Gasteiger partial charge on any atom is -0.497 e. The van der Waals surface area contributed by atoms with Gasteiger partial charge in [0.25, 0.3) is 0 Å². The number of benzene rings is 1. The maximum Gasteiger partial charge on any atom is 0.131 e. The van der Waals surface area contributed by atoms with Crippen LogP contribution in [0.3, 0.4) is 0 Å². The summed E-state index contributed by atoms with van der Waals surface area (Å²) in [6.45, 7) is 0. The molecule has 0 bridgehead atoms. The van der Waals surface area contributed by atoms with Crippen molar-refractivity contribution in [3.05, 3.63) is 47.5 Å². The highest BCUT2D eigenvalue weighted by atomic mass is 19.1. The van der Waals surface area contributed by atoms with E-state index < -0.39 is 0 Å². The highest BCUT2D eigenvalue weighted by molar-refractivity contribution is 5.31. The van der Waals surface area contributed by atoms with E-state index in [0.717, 1.165) is 5.56 Å². The Morgan fingerprint density at radius 3 is 2.84 bits per heavy atom. The Balaban J connectivity index is 2.21. The first-order valence-electron chi connectivity index (χ1n) is 5.91. The van der Waals surface area contributed by atoms with Crippen LogP contribution in [0, 0.1) is 5.82 Å². The molecule has 0 spiro atoms. The summed E-state index contributed by atoms with van der Waals surface area (Å²) in [6.07, 6.45) is 4.19. The van der Waals surface area contributed by atoms with Crippen LogP contribution in [0.1, 0.15) is 17.2 Å². The summed E-state index contributed by atoms with van der Waals surface area (Å²) < 4.78 is 20.7. The highest BCUT2D eigenvalue weighted by Crippen LogP contribution is 2.24. The third kappa shape index (κ3) is 3.10. The monoisotopic (exact) mass is 264 g/mol. The molecule has 0 saturated carbocycles. The fraction of sp³-hybridized carbons (Fsp3) is 0.308. The molecule has 0 aliphatic rings. The second-order valence-corrected chi connectivity index (χ2v) is 4.33. The van der Waals surface area contributed by atoms with Crippen LogP contribution < -0.4 is 16.0 Å². The number of nitrogens with one attached hydrogen (secondary N) is 1. The van der Waals surface area contributed by atoms with E-state index in [9.17, 15) is 4.39 Å². The second kappa shape index (κ2) is 5.81. The Morgan fingerprint density at radius 1 is 1.53 bits per heavy atom. The third-order valence-corrected chi connectivity index (χ3v) is 2.98. The van der Waals surface area contributed by atoms with Crippen molar-refractivity contribution in [2.24, 2.45) is 12.9 Å². The number of aryl methyl sites for hydroxylation is 1. The number of methoxy groups -OCH3 is 1. The zero-order valence-corrected chi connectivity index (χ0v) is 10.9. The Morgan fingerprint density at radius 2 is 2.32 bits per heavy atom. The average molecular weight is 264 g/mol. The van der Waals surface area contributed by atoms with Crippen LogP contribution in [-0.4, -0.2) is 16.9 Å². The molecule has 102 valence electrons. The van der Waals surface area contributed by atoms with Gasteiger partial charge in [0.15, 0.2) is 0 Å². The molecule has 1 unspecified atom stereocenters. The lowest BCUT2D eigenvalue weighted by Gasteiger charge is -2.16. The predicted molar refractivity (Wildman–Crippen MR) is 69.9 cm³/mol. The molecule has 1 aromatic carbocycles. The van der Waals surface area contributed by atoms with Gasteiger partial charge in [-0.05, 0) is 18.1 Å². The number of hydrogen-bond acceptors (Lipinski definition) is 4. The molecular weight excluding hydrogens is 247 g/mol. The molecule has 1 aromatic heterocycles. The van der Waals surface area contributed by atoms with E-state index in [1.807, 2.05) is 13.2 Å². The van der Waals surface area contributed by atoms with Crippen LogP contribution >= 0.6 is 0 Å². The number of rotatable bonds is 5. The lowest BCUT2D eigenvalue weighted by Crippen LogP contribution is -2.30. The second-order valence-electron chi connectivity index (χ2n) is 4.33. The molecule has 0 saturated heterocycles. The number of ether oxygens (including phenoxy) is 1. The molecule has 1 heterocycles. The third-order valence-electron chi connectivity index (χ3n) is 2.98. The molecule has 3 N–H and O–H groups in total. The van der Waals surface area contributed by atoms with Crippen LogP contribution in [0.2, 0.25) is 0 Å². The summed E-state index contributed by atoms with van der Waals surface area (Å²) >= 11 is 0. The zero-order valence-electron chi connectivity index (χ0n) is 10.9. The highest BCUT2D eigenvalue weighted by Gasteiger charge is 2.16. The molecule has 2 rings (SSSR count). The Kier molecular flexibility index (Phi) is 4.13. The van der Waals surface area contributed by atoms with Gasteiger partial charge in [-0.1, -0.05) is 6.07 Å². The molecule has 0 radical (unpaired) electrons. The van der Waals surface area contributed by atoms with Gasteiger partial charge in [0.05, 0.1) is 19.3 Å². The van der Waals surface area contributed by atoms with Crippen molar-refractivity contribution in [3.63, 3.8) is 0 Å². The van der Waals surface area contributed by atoms with Crippen molar-refractivity contribution >= 4 is 0 Å². The number of hydrazine groups is 1. The largest absolute Gasteiger partial charge is 0.497 e. The van der Waals surface area contributed by atoms with Gasteiger partial charge < -0.3 is 4.74 Å². The van der Waals surface area contributed by atoms with Gasteiger partial charge in [0.1, 0.15) is 11.6 Å². The van der Waals surface area contributed by atoms with Crippen molar-refractivity contribution in [1.29, 1.82) is 0 Å². The summed E-state index contributed by atoms with van der Waals surface area (Å²) in [4.78, 5) is 0. The fourth-order valence-corrected chi connectivity index (χ4v) is 1.99. The summed E-state index contributed by atoms with van der Waals surface area (Å²) in [7, 11) is 3.34. The molecule has 6 heteroatoms. The molecule has 19 heavy (non-hydrogen) atoms. The van der Waals surface area contributed by atoms with Gasteiger partial charge in [-0.3, -0.25) is 16.0 Å². The maximum absolute atomic E-state index is 14.0. The first-order valence-corrected chi connectivity index (χ1v) is 5.91. The number of nitrogens with zero attached hydrogens (tertiary/aromatic N) is 2. The molecular formula is C13H17FN4O. The Bertz CT molecular complexity index is 555. The predicted octanol–water partition coefficient (Wildman–Crippen LogP) is 1.31. The van der Waals surface area contributed by atoms with E-state index >= 15 is 0 Å². The fourth-order valence-electron chi connectivity index (χ4n) is 1.99. The van der Waals surface area contributed by atoms with Gasteiger partial charge in [0.2, 0.25) is 0 Å². The zero-order chi connectivity index (χ0) is 13.8. The van der Waals surface area contributed by atoms with Gasteiger partial charge in [-0.25, -0.2) is 4.39 Å². The van der Waals surface area contributed by atoms with E-state index in [0.29, 0.717) is 17.7 Å². The SMILES string of the molecule is COc1ccc(C(Cc2cnn(C)c2)NN)c(F)c1. The summed E-state index contributed by atoms with van der Waals surface area (Å²) in [6, 6.07) is 4.43. The lowest BCUT2D eigenvalue weighted by molar-refractivity contribution is 0.409. The van der Waals surface area contributed by atoms with Crippen molar-refractivity contribution in [1.82, 2.24) is 15.2 Å². The van der Waals surface area contributed by atoms with E-state index in [2.05, 4.69) is 10.5 Å². The van der Waals surface area contributed by atoms with E-state index in [1.165, 1.54) is 13.2 Å². The maximum atomic E-state index is 14.0. The van der Waals surface area contributed by atoms with Crippen LogP contribution in [0.15, 0.2) is 30.6 Å². The van der Waals surface area contributed by atoms with Crippen molar-refractivity contribution in [2.75, 3.05) is 7.11 Å². The van der Waals surface area contributed by atoms with Crippen LogP contribution in [0.4, 0.5) is 4.39 Å². The lowest BCUT2D eigenvalue weighted by atomic mass is 10.0. The number of aromatic nitrogens is 2. The van der Waals surface area contributed by atoms with E-state index in [-0.39, 0.29) is 11.9 Å². The summed E-state index contributed by atoms with van der Waals surface area (Å²) in [5.74, 6) is 5.67. The first-order chi connectivity index (χ1) is 9.13. The van der Waals surface area contributed by atoms with Crippen LogP contribution in [0.25, 0.3) is 0 Å². The number of nitrogens with two attached hydrogens (primary N) is 1. The Labute approximate surface area is 111 Å². The normalized spacial score (nSPS) is 12.4. The minimum absolute atomic E-state index is 0.310. The smallest absolute Gasteiger partial charge is 0.131 e. The van der Waals surface area contributed by atoms with Crippen molar-refractivity contribution < 1.29 is 9.13 Å². The molecule has 0 fully saturated rings. The van der Waals surface area contributed by atoms with Crippen LogP contribution in [0.5, 0.6) is 5.75 Å². The standard InChI is InChI=1S/C13H17FN4O/c1-18-8-9(7-16-18)5-13(17-15)11-4-3-10(19-2)6-12(11)14/h3-4,6-8,13,17H,5,15H2,1-2H3. The molecule has 1 atom stereocenters. The Hall–Kier alpha value is -1.92. The molecule has 0 amide bonds. The van der Waals surface area contributed by atoms with Gasteiger partial charge >= 0.3 is 0 Å². The number of hydrogen-bond donors (Lipinski definition) is 2. The average Bonchev–Trinajstić information content (AvgIpc) is 2.81. The quantitative estimate of drug-likeness (QED) is 0.631. The van der Waals surface area contributed by atoms with E-state index in [1.54, 1.807) is 23.0 Å². The first kappa shape index (κ1) is 13.5. The van der Waals surface area contributed by atoms with Crippen molar-refractivity contribution in [2.45, 2.75) is 12.5 Å². The molecule has 0 aliphatic carbocycles. The number of halogens is 1.